The van der Waals surface area contributed by atoms with Crippen molar-refractivity contribution < 1.29 is 14.3 Å². The molecule has 5 nitrogen and oxygen atoms in total. The second kappa shape index (κ2) is 15.7. The summed E-state index contributed by atoms with van der Waals surface area (Å²) in [4.78, 5) is 11.5. The quantitative estimate of drug-likeness (QED) is 0.227. The Balaban J connectivity index is 1.45. The first kappa shape index (κ1) is 32.3. The van der Waals surface area contributed by atoms with Crippen molar-refractivity contribution >= 4 is 23.0 Å². The van der Waals surface area contributed by atoms with Crippen molar-refractivity contribution in [3.05, 3.63) is 93.4 Å². The summed E-state index contributed by atoms with van der Waals surface area (Å²) in [7, 11) is 1.72. The van der Waals surface area contributed by atoms with E-state index in [0.29, 0.717) is 32.2 Å². The van der Waals surface area contributed by atoms with Crippen LogP contribution in [0.3, 0.4) is 0 Å². The number of aryl methyl sites for hydroxylation is 1. The van der Waals surface area contributed by atoms with E-state index in [-0.39, 0.29) is 17.2 Å². The fraction of sp³-hybridized carbons (Fsp3) is 0.500. The van der Waals surface area contributed by atoms with Crippen LogP contribution in [0.4, 0.5) is 0 Å². The lowest BCUT2D eigenvalue weighted by Crippen LogP contribution is -2.57. The summed E-state index contributed by atoms with van der Waals surface area (Å²) in [5.74, 6) is 0.871. The maximum atomic E-state index is 11.5. The third kappa shape index (κ3) is 8.92. The molecular weight excluding hydrogens is 544 g/mol. The van der Waals surface area contributed by atoms with E-state index in [2.05, 4.69) is 78.8 Å². The molecule has 3 atom stereocenters. The molecule has 226 valence electrons. The van der Waals surface area contributed by atoms with Gasteiger partial charge in [0.1, 0.15) is 5.78 Å². The van der Waals surface area contributed by atoms with Gasteiger partial charge < -0.3 is 24.9 Å². The summed E-state index contributed by atoms with van der Waals surface area (Å²) in [6, 6.07) is 8.57. The van der Waals surface area contributed by atoms with Crippen molar-refractivity contribution in [3.63, 3.8) is 0 Å². The van der Waals surface area contributed by atoms with Crippen LogP contribution in [0.5, 0.6) is 0 Å². The topological polar surface area (TPSA) is 59.6 Å². The maximum Gasteiger partial charge on any atom is 0.129 e. The summed E-state index contributed by atoms with van der Waals surface area (Å²) in [6.45, 7) is 9.90. The van der Waals surface area contributed by atoms with E-state index < -0.39 is 0 Å². The maximum absolute atomic E-state index is 11.5. The number of halogens is 1. The second-order valence-electron chi connectivity index (χ2n) is 12.2. The lowest BCUT2D eigenvalue weighted by molar-refractivity contribution is -0.117. The van der Waals surface area contributed by atoms with E-state index >= 15 is 0 Å². The Kier molecular flexibility index (Phi) is 12.1. The molecule has 0 aromatic heterocycles. The molecule has 2 aliphatic carbocycles. The van der Waals surface area contributed by atoms with E-state index in [0.717, 1.165) is 61.5 Å². The number of hydrogen-bond acceptors (Lipinski definition) is 5. The molecule has 42 heavy (non-hydrogen) atoms. The minimum Gasteiger partial charge on any atom is -0.384 e. The zero-order valence-electron chi connectivity index (χ0n) is 25.7. The summed E-state index contributed by atoms with van der Waals surface area (Å²) in [5, 5.41) is 8.33. The third-order valence-electron chi connectivity index (χ3n) is 8.51. The van der Waals surface area contributed by atoms with Crippen molar-refractivity contribution in [2.75, 3.05) is 40.0 Å². The van der Waals surface area contributed by atoms with Crippen LogP contribution in [0, 0.1) is 11.8 Å². The number of rotatable bonds is 14. The lowest BCUT2D eigenvalue weighted by atomic mass is 9.72. The van der Waals surface area contributed by atoms with Gasteiger partial charge in [-0.05, 0) is 105 Å². The Morgan fingerprint density at radius 2 is 2.07 bits per heavy atom. The van der Waals surface area contributed by atoms with Crippen LogP contribution in [0.15, 0.2) is 82.3 Å². The summed E-state index contributed by atoms with van der Waals surface area (Å²) >= 11 is 7.09. The molecule has 0 spiro atoms. The first-order chi connectivity index (χ1) is 20.3. The fourth-order valence-corrected chi connectivity index (χ4v) is 6.57. The Morgan fingerprint density at radius 1 is 1.24 bits per heavy atom. The highest BCUT2D eigenvalue weighted by Crippen LogP contribution is 2.42. The third-order valence-corrected chi connectivity index (χ3v) is 8.86. The molecule has 0 amide bonds. The van der Waals surface area contributed by atoms with Gasteiger partial charge in [0.25, 0.3) is 0 Å². The van der Waals surface area contributed by atoms with Gasteiger partial charge in [-0.25, -0.2) is 0 Å². The SMILES string of the molecule is COCC(C)COCC1=CC=C=C(NC2(C)CCNCC2C2=C(Cl)C=C(c3ccccc3CCCC(C)=O)CC2)C=C1. The average molecular weight is 591 g/mol. The summed E-state index contributed by atoms with van der Waals surface area (Å²) in [5.41, 5.74) is 10.5. The molecule has 2 N–H and O–H groups in total. The van der Waals surface area contributed by atoms with Crippen molar-refractivity contribution in [3.8, 4) is 0 Å². The molecule has 4 rings (SSSR count). The van der Waals surface area contributed by atoms with E-state index in [1.165, 1.54) is 22.3 Å². The van der Waals surface area contributed by atoms with Gasteiger partial charge in [0.15, 0.2) is 0 Å². The zero-order chi connectivity index (χ0) is 30.0. The minimum absolute atomic E-state index is 0.159. The van der Waals surface area contributed by atoms with Crippen molar-refractivity contribution in [2.45, 2.75) is 64.8 Å². The van der Waals surface area contributed by atoms with Gasteiger partial charge in [-0.1, -0.05) is 54.6 Å². The number of ketones is 1. The smallest absolute Gasteiger partial charge is 0.129 e. The van der Waals surface area contributed by atoms with Crippen LogP contribution in [-0.4, -0.2) is 51.3 Å². The van der Waals surface area contributed by atoms with Crippen LogP contribution in [0.2, 0.25) is 0 Å². The number of nitrogens with one attached hydrogen (secondary N) is 2. The van der Waals surface area contributed by atoms with Crippen LogP contribution >= 0.6 is 11.6 Å². The van der Waals surface area contributed by atoms with Crippen LogP contribution < -0.4 is 10.6 Å². The Bertz CT molecular complexity index is 1300. The molecule has 1 aromatic rings. The van der Waals surface area contributed by atoms with Crippen LogP contribution in [-0.2, 0) is 20.7 Å². The number of benzene rings is 1. The number of carbonyl (C=O) groups excluding carboxylic acids is 1. The number of allylic oxidation sites excluding steroid dienone is 5. The molecule has 1 heterocycles. The standard InChI is InChI=1S/C36H47ClN2O3/c1-26(23-41-4)24-42-25-28-10-8-13-31(17-15-28)39-36(3)19-20-38-22-34(36)33-18-16-30(21-35(33)37)32-14-6-5-11-29(32)12-7-9-27(2)40/h5-6,8,10-11,14-15,17,21,26,34,38-39H,7,9,12,16,18-20,22-25H2,1-4H3. The first-order valence-corrected chi connectivity index (χ1v) is 15.7. The molecule has 3 unspecified atom stereocenters. The monoisotopic (exact) mass is 590 g/mol. The lowest BCUT2D eigenvalue weighted by Gasteiger charge is -2.45. The Hall–Kier alpha value is -2.66. The highest BCUT2D eigenvalue weighted by Gasteiger charge is 2.40. The second-order valence-corrected chi connectivity index (χ2v) is 12.6. The molecule has 0 bridgehead atoms. The van der Waals surface area contributed by atoms with Gasteiger partial charge in [-0.2, -0.15) is 0 Å². The molecule has 1 aromatic carbocycles. The highest BCUT2D eigenvalue weighted by atomic mass is 35.5. The number of hydrogen-bond donors (Lipinski definition) is 2. The molecule has 1 fully saturated rings. The van der Waals surface area contributed by atoms with Gasteiger partial charge >= 0.3 is 0 Å². The average Bonchev–Trinajstić information content (AvgIpc) is 3.18. The van der Waals surface area contributed by atoms with Crippen LogP contribution in [0.25, 0.3) is 5.57 Å². The van der Waals surface area contributed by atoms with Crippen LogP contribution in [0.1, 0.15) is 64.0 Å². The molecular formula is C36H47ClN2O3. The Labute approximate surface area is 257 Å². The normalized spacial score (nSPS) is 23.2. The van der Waals surface area contributed by atoms with Crippen molar-refractivity contribution in [2.24, 2.45) is 11.8 Å². The number of carbonyl (C=O) groups is 1. The molecule has 6 heteroatoms. The predicted octanol–water partition coefficient (Wildman–Crippen LogP) is 7.06. The van der Waals surface area contributed by atoms with E-state index in [4.69, 9.17) is 21.1 Å². The largest absolute Gasteiger partial charge is 0.384 e. The van der Waals surface area contributed by atoms with Gasteiger partial charge in [-0.15, -0.1) is 0 Å². The number of piperidine rings is 1. The van der Waals surface area contributed by atoms with Crippen molar-refractivity contribution in [1.29, 1.82) is 0 Å². The number of ether oxygens (including phenoxy) is 2. The molecule has 0 saturated carbocycles. The van der Waals surface area contributed by atoms with Gasteiger partial charge in [0.05, 0.1) is 25.5 Å². The highest BCUT2D eigenvalue weighted by molar-refractivity contribution is 6.32. The van der Waals surface area contributed by atoms with Gasteiger partial charge in [0, 0.05) is 42.5 Å². The van der Waals surface area contributed by atoms with Gasteiger partial charge in [-0.3, -0.25) is 0 Å². The fourth-order valence-electron chi connectivity index (χ4n) is 6.22. The Morgan fingerprint density at radius 3 is 2.86 bits per heavy atom. The predicted molar refractivity (Wildman–Crippen MR) is 173 cm³/mol. The first-order valence-electron chi connectivity index (χ1n) is 15.4. The minimum atomic E-state index is -0.159. The van der Waals surface area contributed by atoms with E-state index in [1.807, 2.05) is 6.08 Å². The molecule has 0 radical (unpaired) electrons. The van der Waals surface area contributed by atoms with E-state index in [9.17, 15) is 4.79 Å². The summed E-state index contributed by atoms with van der Waals surface area (Å²) < 4.78 is 11.1. The summed E-state index contributed by atoms with van der Waals surface area (Å²) in [6.07, 6.45) is 15.8. The zero-order valence-corrected chi connectivity index (χ0v) is 26.5. The van der Waals surface area contributed by atoms with Gasteiger partial charge in [0.2, 0.25) is 0 Å². The number of methoxy groups -OCH3 is 1. The van der Waals surface area contributed by atoms with Crippen molar-refractivity contribution in [1.82, 2.24) is 10.6 Å². The number of Topliss-reactive ketones (excluding diaryl/α,β-unsaturated/α-hetero) is 1. The van der Waals surface area contributed by atoms with E-state index in [1.54, 1.807) is 14.0 Å². The molecule has 1 aliphatic heterocycles. The molecule has 3 aliphatic rings. The molecule has 1 saturated heterocycles.